The zero-order valence-corrected chi connectivity index (χ0v) is 13.4. The van der Waals surface area contributed by atoms with E-state index in [4.69, 9.17) is 0 Å². The van der Waals surface area contributed by atoms with Crippen LogP contribution in [0, 0.1) is 11.7 Å². The van der Waals surface area contributed by atoms with Gasteiger partial charge in [-0.15, -0.1) is 0 Å². The van der Waals surface area contributed by atoms with Crippen molar-refractivity contribution in [2.75, 3.05) is 6.54 Å². The highest BCUT2D eigenvalue weighted by Gasteiger charge is 2.30. The van der Waals surface area contributed by atoms with Crippen molar-refractivity contribution in [3.05, 3.63) is 52.0 Å². The Labute approximate surface area is 142 Å². The topological polar surface area (TPSA) is 111 Å². The van der Waals surface area contributed by atoms with E-state index in [1.54, 1.807) is 18.2 Å². The standard InChI is InChI=1S/C16H18FN5O3/c17-12-4-2-1-3-10(12)8-22-9-11(5-6-14(22)23)15(24)18-7-13-19-16(25)21-20-13/h1-4,11H,5-9H2,(H,18,24)(H2,19,20,21,25). The van der Waals surface area contributed by atoms with E-state index in [9.17, 15) is 18.8 Å². The number of aromatic amines is 2. The summed E-state index contributed by atoms with van der Waals surface area (Å²) in [6.45, 7) is 0.466. The molecule has 1 atom stereocenters. The van der Waals surface area contributed by atoms with Crippen molar-refractivity contribution in [3.8, 4) is 0 Å². The number of amides is 2. The number of aromatic nitrogens is 3. The molecular weight excluding hydrogens is 329 g/mol. The molecule has 0 spiro atoms. The predicted molar refractivity (Wildman–Crippen MR) is 85.6 cm³/mol. The lowest BCUT2D eigenvalue weighted by Crippen LogP contribution is -2.45. The van der Waals surface area contributed by atoms with Gasteiger partial charge in [0.2, 0.25) is 11.8 Å². The molecule has 0 saturated carbocycles. The molecule has 3 rings (SSSR count). The highest BCUT2D eigenvalue weighted by atomic mass is 19.1. The van der Waals surface area contributed by atoms with Gasteiger partial charge in [-0.1, -0.05) is 18.2 Å². The number of carbonyl (C=O) groups is 2. The Morgan fingerprint density at radius 1 is 1.36 bits per heavy atom. The van der Waals surface area contributed by atoms with Crippen molar-refractivity contribution in [2.24, 2.45) is 5.92 Å². The van der Waals surface area contributed by atoms with Crippen molar-refractivity contribution < 1.29 is 14.0 Å². The molecule has 1 aromatic carbocycles. The van der Waals surface area contributed by atoms with Crippen LogP contribution in [0.15, 0.2) is 29.1 Å². The monoisotopic (exact) mass is 347 g/mol. The third kappa shape index (κ3) is 4.11. The van der Waals surface area contributed by atoms with Crippen LogP contribution < -0.4 is 11.0 Å². The summed E-state index contributed by atoms with van der Waals surface area (Å²) >= 11 is 0. The Morgan fingerprint density at radius 2 is 2.16 bits per heavy atom. The predicted octanol–water partition coefficient (Wildman–Crippen LogP) is 0.292. The first-order valence-corrected chi connectivity index (χ1v) is 7.95. The van der Waals surface area contributed by atoms with Crippen LogP contribution in [0.25, 0.3) is 0 Å². The number of rotatable bonds is 5. The van der Waals surface area contributed by atoms with Crippen LogP contribution in [-0.2, 0) is 22.7 Å². The summed E-state index contributed by atoms with van der Waals surface area (Å²) in [5.74, 6) is -0.744. The highest BCUT2D eigenvalue weighted by Crippen LogP contribution is 2.21. The molecule has 132 valence electrons. The fourth-order valence-electron chi connectivity index (χ4n) is 2.82. The molecule has 1 unspecified atom stereocenters. The number of benzene rings is 1. The summed E-state index contributed by atoms with van der Waals surface area (Å²) < 4.78 is 13.8. The first-order valence-electron chi connectivity index (χ1n) is 7.95. The largest absolute Gasteiger partial charge is 0.349 e. The molecular formula is C16H18FN5O3. The lowest BCUT2D eigenvalue weighted by atomic mass is 9.96. The molecule has 1 saturated heterocycles. The van der Waals surface area contributed by atoms with Gasteiger partial charge in [0.15, 0.2) is 0 Å². The molecule has 0 radical (unpaired) electrons. The van der Waals surface area contributed by atoms with Gasteiger partial charge >= 0.3 is 5.69 Å². The number of likely N-dealkylation sites (tertiary alicyclic amines) is 1. The number of nitrogens with zero attached hydrogens (tertiary/aromatic N) is 2. The fraction of sp³-hybridized carbons (Fsp3) is 0.375. The molecule has 8 nitrogen and oxygen atoms in total. The number of nitrogens with one attached hydrogen (secondary N) is 3. The minimum Gasteiger partial charge on any atom is -0.349 e. The van der Waals surface area contributed by atoms with Gasteiger partial charge in [-0.3, -0.25) is 14.6 Å². The van der Waals surface area contributed by atoms with Crippen LogP contribution in [-0.4, -0.2) is 38.4 Å². The molecule has 2 amide bonds. The molecule has 2 heterocycles. The molecule has 1 fully saturated rings. The second kappa shape index (κ2) is 7.29. The van der Waals surface area contributed by atoms with Crippen LogP contribution >= 0.6 is 0 Å². The Bertz CT molecular complexity index is 831. The maximum absolute atomic E-state index is 13.8. The number of carbonyl (C=O) groups excluding carboxylic acids is 2. The normalized spacial score (nSPS) is 17.6. The van der Waals surface area contributed by atoms with E-state index in [0.29, 0.717) is 17.8 Å². The first kappa shape index (κ1) is 16.9. The van der Waals surface area contributed by atoms with Gasteiger partial charge < -0.3 is 10.2 Å². The van der Waals surface area contributed by atoms with Crippen LogP contribution in [0.1, 0.15) is 24.2 Å². The summed E-state index contributed by atoms with van der Waals surface area (Å²) in [5, 5.41) is 8.62. The third-order valence-electron chi connectivity index (χ3n) is 4.17. The summed E-state index contributed by atoms with van der Waals surface area (Å²) in [4.78, 5) is 39.3. The smallest absolute Gasteiger partial charge is 0.340 e. The molecule has 1 aliphatic heterocycles. The minimum absolute atomic E-state index is 0.0926. The van der Waals surface area contributed by atoms with Gasteiger partial charge in [-0.25, -0.2) is 14.3 Å². The van der Waals surface area contributed by atoms with Crippen LogP contribution in [0.4, 0.5) is 4.39 Å². The number of hydrogen-bond donors (Lipinski definition) is 3. The second-order valence-corrected chi connectivity index (χ2v) is 5.94. The average molecular weight is 347 g/mol. The van der Waals surface area contributed by atoms with Crippen molar-refractivity contribution in [3.63, 3.8) is 0 Å². The van der Waals surface area contributed by atoms with E-state index in [0.717, 1.165) is 0 Å². The van der Waals surface area contributed by atoms with E-state index in [1.807, 2.05) is 0 Å². The SMILES string of the molecule is O=C(NCc1n[nH]c(=O)[nH]1)C1CCC(=O)N(Cc2ccccc2F)C1. The van der Waals surface area contributed by atoms with E-state index < -0.39 is 5.69 Å². The van der Waals surface area contributed by atoms with Crippen LogP contribution in [0.2, 0.25) is 0 Å². The third-order valence-corrected chi connectivity index (χ3v) is 4.17. The van der Waals surface area contributed by atoms with Gasteiger partial charge in [-0.05, 0) is 12.5 Å². The molecule has 0 aliphatic carbocycles. The summed E-state index contributed by atoms with van der Waals surface area (Å²) in [5.41, 5.74) is -0.0189. The van der Waals surface area contributed by atoms with E-state index in [-0.39, 0.29) is 49.6 Å². The maximum atomic E-state index is 13.8. The number of piperidine rings is 1. The lowest BCUT2D eigenvalue weighted by molar-refractivity contribution is -0.139. The lowest BCUT2D eigenvalue weighted by Gasteiger charge is -2.32. The molecule has 2 aromatic rings. The molecule has 1 aromatic heterocycles. The molecule has 3 N–H and O–H groups in total. The Hall–Kier alpha value is -2.97. The second-order valence-electron chi connectivity index (χ2n) is 5.94. The zero-order chi connectivity index (χ0) is 17.8. The highest BCUT2D eigenvalue weighted by molar-refractivity contribution is 5.83. The van der Waals surface area contributed by atoms with Crippen molar-refractivity contribution in [2.45, 2.75) is 25.9 Å². The number of halogens is 1. The quantitative estimate of drug-likeness (QED) is 0.722. The van der Waals surface area contributed by atoms with E-state index in [2.05, 4.69) is 20.5 Å². The van der Waals surface area contributed by atoms with Crippen molar-refractivity contribution in [1.29, 1.82) is 0 Å². The number of H-pyrrole nitrogens is 2. The Morgan fingerprint density at radius 3 is 2.88 bits per heavy atom. The number of hydrogen-bond acceptors (Lipinski definition) is 4. The van der Waals surface area contributed by atoms with Gasteiger partial charge in [0.05, 0.1) is 12.5 Å². The van der Waals surface area contributed by atoms with Gasteiger partial charge in [0.1, 0.15) is 11.6 Å². The summed E-state index contributed by atoms with van der Waals surface area (Å²) in [7, 11) is 0. The van der Waals surface area contributed by atoms with Gasteiger partial charge in [-0.2, -0.15) is 5.10 Å². The van der Waals surface area contributed by atoms with E-state index in [1.165, 1.54) is 11.0 Å². The fourth-order valence-corrected chi connectivity index (χ4v) is 2.82. The summed E-state index contributed by atoms with van der Waals surface area (Å²) in [6.07, 6.45) is 0.682. The Balaban J connectivity index is 1.59. The van der Waals surface area contributed by atoms with Crippen molar-refractivity contribution >= 4 is 11.8 Å². The average Bonchev–Trinajstić information content (AvgIpc) is 3.02. The van der Waals surface area contributed by atoms with Gasteiger partial charge in [0, 0.05) is 25.1 Å². The molecule has 0 bridgehead atoms. The summed E-state index contributed by atoms with van der Waals surface area (Å²) in [6, 6.07) is 6.27. The zero-order valence-electron chi connectivity index (χ0n) is 13.4. The maximum Gasteiger partial charge on any atom is 0.340 e. The molecule has 9 heteroatoms. The Kier molecular flexibility index (Phi) is 4.92. The first-order chi connectivity index (χ1) is 12.0. The molecule has 25 heavy (non-hydrogen) atoms. The molecule has 1 aliphatic rings. The van der Waals surface area contributed by atoms with Crippen molar-refractivity contribution in [1.82, 2.24) is 25.4 Å². The van der Waals surface area contributed by atoms with Gasteiger partial charge in [0.25, 0.3) is 0 Å². The van der Waals surface area contributed by atoms with Crippen LogP contribution in [0.5, 0.6) is 0 Å². The van der Waals surface area contributed by atoms with Crippen LogP contribution in [0.3, 0.4) is 0 Å². The van der Waals surface area contributed by atoms with E-state index >= 15 is 0 Å². The minimum atomic E-state index is -0.441.